The van der Waals surface area contributed by atoms with E-state index in [1.807, 2.05) is 0 Å². The second-order valence-corrected chi connectivity index (χ2v) is 5.37. The Hall–Kier alpha value is 2.08. The van der Waals surface area contributed by atoms with Crippen molar-refractivity contribution in [3.05, 3.63) is 0 Å². The van der Waals surface area contributed by atoms with Crippen LogP contribution >= 0.6 is 0 Å². The molecular weight excluding hydrogens is 488 g/mol. The molecule has 0 heterocycles. The van der Waals surface area contributed by atoms with Gasteiger partial charge in [-0.1, -0.05) is 0 Å². The molecule has 24 heavy (non-hydrogen) atoms. The van der Waals surface area contributed by atoms with Gasteiger partial charge in [-0.15, -0.1) is 0 Å². The van der Waals surface area contributed by atoms with Crippen LogP contribution in [0.1, 0.15) is 1.43 Å². The summed E-state index contributed by atoms with van der Waals surface area (Å²) in [7, 11) is -18.7. The average molecular weight is 506 g/mol. The maximum Gasteiger partial charge on any atom is 1.00 e. The Morgan fingerprint density at radius 3 is 0.375 bits per heavy atom. The van der Waals surface area contributed by atoms with Crippen molar-refractivity contribution in [1.29, 1.82) is 0 Å². The van der Waals surface area contributed by atoms with Crippen LogP contribution in [-0.2, 0) is 41.6 Å². The van der Waals surface area contributed by atoms with Gasteiger partial charge in [0.05, 0.1) is 0 Å². The topological polar surface area (TPSA) is 298 Å². The van der Waals surface area contributed by atoms with E-state index in [-0.39, 0.29) is 83.1 Å². The van der Waals surface area contributed by atoms with Gasteiger partial charge in [0, 0.05) is 0 Å². The molecule has 0 spiro atoms. The van der Waals surface area contributed by atoms with Gasteiger partial charge in [-0.05, 0) is 0 Å². The first-order chi connectivity index (χ1) is 8.00. The summed E-state index contributed by atoms with van der Waals surface area (Å²) in [5, 5.41) is 0. The number of hydrogen-bond donors (Lipinski definition) is 8. The number of hydrogen-bond acceptors (Lipinski definition) is 8. The molecule has 0 unspecified atom stereocenters. The van der Waals surface area contributed by atoms with Crippen LogP contribution in [0.4, 0.5) is 0 Å². The largest absolute Gasteiger partial charge is 1.00 e. The van der Waals surface area contributed by atoms with E-state index in [4.69, 9.17) is 70.1 Å². The molecule has 0 saturated heterocycles. The van der Waals surface area contributed by atoms with Crippen molar-refractivity contribution < 1.29 is 101 Å². The van der Waals surface area contributed by atoms with Crippen LogP contribution in [0.25, 0.3) is 0 Å². The third-order valence-corrected chi connectivity index (χ3v) is 0. The van der Waals surface area contributed by atoms with Crippen molar-refractivity contribution >= 4 is 93.7 Å². The standard InChI is InChI=1S/3Al.Na.4H2O4S.10H/c;;;;4*1-5(2,3)4;;;;;;;;;;/h;;;;4*(H2,1,2,3,4);;;;;;;;;;/q;;;+1;;;;;;;;;;;;;;-1. The van der Waals surface area contributed by atoms with E-state index in [1.54, 1.807) is 0 Å². The summed E-state index contributed by atoms with van der Waals surface area (Å²) >= 11 is 0. The first-order valence-corrected chi connectivity index (χ1v) is 8.38. The summed E-state index contributed by atoms with van der Waals surface area (Å²) in [5.74, 6) is 0. The van der Waals surface area contributed by atoms with Crippen molar-refractivity contribution in [2.75, 3.05) is 0 Å². The minimum absolute atomic E-state index is 0. The van der Waals surface area contributed by atoms with Crippen LogP contribution in [0.3, 0.4) is 0 Å². The van der Waals surface area contributed by atoms with Gasteiger partial charge >= 0.3 is 71.2 Å². The Bertz CT molecular complexity index is 492. The second-order valence-electron chi connectivity index (χ2n) is 1.79. The third-order valence-electron chi connectivity index (χ3n) is 0. The van der Waals surface area contributed by atoms with E-state index in [0.29, 0.717) is 0 Å². The van der Waals surface area contributed by atoms with Crippen LogP contribution in [0.5, 0.6) is 0 Å². The molecule has 0 bridgehead atoms. The normalized spacial score (nSPS) is 9.67. The predicted octanol–water partition coefficient (Wildman–Crippen LogP) is -9.05. The summed E-state index contributed by atoms with van der Waals surface area (Å²) in [6, 6.07) is 0. The van der Waals surface area contributed by atoms with Crippen LogP contribution in [-0.4, -0.2) is 122 Å². The maximum atomic E-state index is 8.74. The van der Waals surface area contributed by atoms with Crippen LogP contribution in [0.15, 0.2) is 0 Å². The Morgan fingerprint density at radius 2 is 0.375 bits per heavy atom. The van der Waals surface area contributed by atoms with E-state index in [0.717, 1.165) is 0 Å². The van der Waals surface area contributed by atoms with Crippen molar-refractivity contribution in [2.24, 2.45) is 0 Å². The zero-order valence-electron chi connectivity index (χ0n) is 10.5. The number of rotatable bonds is 0. The van der Waals surface area contributed by atoms with Gasteiger partial charge in [0.25, 0.3) is 0 Å². The Morgan fingerprint density at radius 1 is 0.375 bits per heavy atom. The molecule has 0 aliphatic heterocycles. The summed E-state index contributed by atoms with van der Waals surface area (Å²) in [5.41, 5.74) is 0. The molecule has 0 aliphatic rings. The third kappa shape index (κ3) is 2970. The van der Waals surface area contributed by atoms with Crippen molar-refractivity contribution in [3.63, 3.8) is 0 Å². The molecule has 0 radical (unpaired) electrons. The monoisotopic (exact) mass is 506 g/mol. The maximum absolute atomic E-state index is 8.74. The Labute approximate surface area is 192 Å². The molecule has 16 nitrogen and oxygen atoms in total. The molecule has 0 rings (SSSR count). The minimum Gasteiger partial charge on any atom is -1.00 e. The van der Waals surface area contributed by atoms with Gasteiger partial charge in [-0.3, -0.25) is 36.4 Å². The predicted molar refractivity (Wildman–Crippen MR) is 87.6 cm³/mol. The second kappa shape index (κ2) is 21.4. The average Bonchev–Trinajstić information content (AvgIpc) is 1.62. The molecule has 0 atom stereocenters. The zero-order chi connectivity index (χ0) is 18.0. The first-order valence-electron chi connectivity index (χ1n) is 2.79. The van der Waals surface area contributed by atoms with Crippen LogP contribution in [0, 0.1) is 0 Å². The summed E-state index contributed by atoms with van der Waals surface area (Å²) in [6.45, 7) is 0. The van der Waals surface area contributed by atoms with E-state index in [1.165, 1.54) is 0 Å². The zero-order valence-corrected chi connectivity index (χ0v) is 14.7. The fourth-order valence-corrected chi connectivity index (χ4v) is 0. The molecule has 0 aliphatic carbocycles. The van der Waals surface area contributed by atoms with Crippen molar-refractivity contribution in [1.82, 2.24) is 0 Å². The van der Waals surface area contributed by atoms with Crippen LogP contribution in [0.2, 0.25) is 0 Å². The van der Waals surface area contributed by atoms with E-state index >= 15 is 0 Å². The molecule has 148 valence electrons. The molecule has 0 aromatic carbocycles. The van der Waals surface area contributed by atoms with Gasteiger partial charge in [0.15, 0.2) is 52.1 Å². The summed E-state index contributed by atoms with van der Waals surface area (Å²) in [6.07, 6.45) is 0. The van der Waals surface area contributed by atoms with Gasteiger partial charge in [-0.25, -0.2) is 0 Å². The van der Waals surface area contributed by atoms with E-state index in [9.17, 15) is 0 Å². The molecule has 0 aromatic heterocycles. The molecule has 24 heteroatoms. The van der Waals surface area contributed by atoms with Crippen LogP contribution < -0.4 is 29.6 Å². The minimum atomic E-state index is -4.67. The molecule has 0 aromatic rings. The molecule has 8 N–H and O–H groups in total. The smallest absolute Gasteiger partial charge is 1.00 e. The Balaban J connectivity index is -0.0000000183. The van der Waals surface area contributed by atoms with Gasteiger partial charge < -0.3 is 1.43 Å². The fourth-order valence-electron chi connectivity index (χ4n) is 0. The SMILES string of the molecule is O=S(=O)(O)O.O=S(=O)(O)O.O=S(=O)(O)O.O=S(=O)(O)O.[AlH3].[AlH3].[AlH3].[H-].[Na+]. The van der Waals surface area contributed by atoms with Gasteiger partial charge in [0.1, 0.15) is 0 Å². The van der Waals surface area contributed by atoms with Gasteiger partial charge in [-0.2, -0.15) is 33.7 Å². The Kier molecular flexibility index (Phi) is 44.7. The van der Waals surface area contributed by atoms with Gasteiger partial charge in [0.2, 0.25) is 0 Å². The first kappa shape index (κ1) is 50.2. The quantitative estimate of drug-likeness (QED) is 0.112. The summed E-state index contributed by atoms with van der Waals surface area (Å²) in [4.78, 5) is 0. The van der Waals surface area contributed by atoms with Crippen molar-refractivity contribution in [3.8, 4) is 0 Å². The van der Waals surface area contributed by atoms with E-state index in [2.05, 4.69) is 0 Å². The molecule has 0 amide bonds. The molecule has 0 saturated carbocycles. The summed E-state index contributed by atoms with van der Waals surface area (Å²) < 4.78 is 126. The fraction of sp³-hybridized carbons (Fsp3) is 0. The van der Waals surface area contributed by atoms with Crippen molar-refractivity contribution in [2.45, 2.75) is 0 Å². The molecular formula is H18Al3NaO16S4. The molecule has 0 fully saturated rings. The van der Waals surface area contributed by atoms with E-state index < -0.39 is 41.6 Å².